The first-order valence-corrected chi connectivity index (χ1v) is 10.7. The van der Waals surface area contributed by atoms with Gasteiger partial charge in [0.1, 0.15) is 5.52 Å². The second-order valence-corrected chi connectivity index (χ2v) is 7.72. The van der Waals surface area contributed by atoms with Gasteiger partial charge in [0.2, 0.25) is 11.1 Å². The number of fused-ring (bicyclic) bond motifs is 3. The van der Waals surface area contributed by atoms with Crippen molar-refractivity contribution in [1.29, 1.82) is 0 Å². The number of nitrogens with one attached hydrogen (secondary N) is 1. The van der Waals surface area contributed by atoms with Gasteiger partial charge in [-0.2, -0.15) is 0 Å². The van der Waals surface area contributed by atoms with Crippen molar-refractivity contribution in [3.63, 3.8) is 0 Å². The van der Waals surface area contributed by atoms with Gasteiger partial charge in [-0.15, -0.1) is 10.2 Å². The third-order valence-electron chi connectivity index (χ3n) is 4.65. The minimum atomic E-state index is 0.0173. The molecule has 0 spiro atoms. The highest BCUT2D eigenvalue weighted by Crippen LogP contribution is 2.26. The van der Waals surface area contributed by atoms with Crippen LogP contribution in [0.15, 0.2) is 29.4 Å². The molecule has 3 aromatic rings. The summed E-state index contributed by atoms with van der Waals surface area (Å²) in [5.74, 6) is 0.321. The van der Waals surface area contributed by atoms with E-state index in [4.69, 9.17) is 0 Å². The van der Waals surface area contributed by atoms with Crippen LogP contribution in [0.3, 0.4) is 0 Å². The predicted octanol–water partition coefficient (Wildman–Crippen LogP) is 4.18. The fraction of sp³-hybridized carbons (Fsp3) is 0.500. The highest BCUT2D eigenvalue weighted by molar-refractivity contribution is 7.99. The molecule has 0 saturated carbocycles. The molecule has 0 aliphatic carbocycles. The summed E-state index contributed by atoms with van der Waals surface area (Å²) in [5, 5.41) is 13.3. The van der Waals surface area contributed by atoms with Crippen molar-refractivity contribution in [2.45, 2.75) is 64.2 Å². The van der Waals surface area contributed by atoms with Gasteiger partial charge in [0.05, 0.1) is 11.3 Å². The molecule has 0 radical (unpaired) electrons. The Kier molecular flexibility index (Phi) is 6.66. The minimum Gasteiger partial charge on any atom is -0.353 e. The third-order valence-corrected chi connectivity index (χ3v) is 5.49. The maximum Gasteiger partial charge on any atom is 0.230 e. The molecule has 27 heavy (non-hydrogen) atoms. The van der Waals surface area contributed by atoms with Crippen molar-refractivity contribution in [2.75, 3.05) is 5.75 Å². The van der Waals surface area contributed by atoms with E-state index in [2.05, 4.69) is 51.9 Å². The Morgan fingerprint density at radius 2 is 2.04 bits per heavy atom. The molecule has 0 fully saturated rings. The summed E-state index contributed by atoms with van der Waals surface area (Å²) in [6.45, 7) is 7.14. The van der Waals surface area contributed by atoms with Crippen molar-refractivity contribution >= 4 is 39.7 Å². The first-order chi connectivity index (χ1) is 13.1. The van der Waals surface area contributed by atoms with E-state index in [1.807, 2.05) is 18.2 Å². The molecule has 0 bridgehead atoms. The van der Waals surface area contributed by atoms with E-state index in [1.54, 1.807) is 0 Å². The average molecular weight is 386 g/mol. The lowest BCUT2D eigenvalue weighted by molar-refractivity contribution is -0.119. The standard InChI is InChI=1S/C20H27N5OS/c1-4-6-7-10-14(3)21-17(26)13-27-20-22-19-18(23-24-20)15-11-8-9-12-16(15)25(19)5-2/h8-9,11-12,14H,4-7,10,13H2,1-3H3,(H,21,26)/t14-/m1/s1. The van der Waals surface area contributed by atoms with Crippen molar-refractivity contribution in [3.05, 3.63) is 24.3 Å². The Bertz CT molecular complexity index is 923. The molecule has 144 valence electrons. The van der Waals surface area contributed by atoms with Crippen LogP contribution in [0.25, 0.3) is 22.1 Å². The zero-order valence-corrected chi connectivity index (χ0v) is 17.1. The van der Waals surface area contributed by atoms with Gasteiger partial charge in [-0.3, -0.25) is 4.79 Å². The highest BCUT2D eigenvalue weighted by atomic mass is 32.2. The Balaban J connectivity index is 1.67. The van der Waals surface area contributed by atoms with Gasteiger partial charge in [-0.05, 0) is 26.3 Å². The molecule has 1 aromatic carbocycles. The van der Waals surface area contributed by atoms with Crippen LogP contribution in [0.1, 0.15) is 46.5 Å². The minimum absolute atomic E-state index is 0.0173. The number of amides is 1. The number of nitrogens with zero attached hydrogens (tertiary/aromatic N) is 4. The van der Waals surface area contributed by atoms with Crippen molar-refractivity contribution in [1.82, 2.24) is 25.1 Å². The summed E-state index contributed by atoms with van der Waals surface area (Å²) in [6.07, 6.45) is 4.57. The number of hydrogen-bond donors (Lipinski definition) is 1. The van der Waals surface area contributed by atoms with Gasteiger partial charge >= 0.3 is 0 Å². The lowest BCUT2D eigenvalue weighted by atomic mass is 10.1. The smallest absolute Gasteiger partial charge is 0.230 e. The normalized spacial score (nSPS) is 12.6. The van der Waals surface area contributed by atoms with E-state index < -0.39 is 0 Å². The second kappa shape index (κ2) is 9.17. The van der Waals surface area contributed by atoms with Gasteiger partial charge in [-0.1, -0.05) is 56.1 Å². The molecular formula is C20H27N5OS. The number of thioether (sulfide) groups is 1. The van der Waals surface area contributed by atoms with Gasteiger partial charge in [0.25, 0.3) is 0 Å². The van der Waals surface area contributed by atoms with E-state index in [1.165, 1.54) is 24.6 Å². The number of hydrogen-bond acceptors (Lipinski definition) is 5. The molecule has 2 heterocycles. The summed E-state index contributed by atoms with van der Waals surface area (Å²) >= 11 is 1.33. The number of benzene rings is 1. The van der Waals surface area contributed by atoms with E-state index in [0.29, 0.717) is 10.9 Å². The first kappa shape index (κ1) is 19.6. The molecule has 2 aromatic heterocycles. The van der Waals surface area contributed by atoms with Crippen molar-refractivity contribution in [3.8, 4) is 0 Å². The zero-order chi connectivity index (χ0) is 19.2. The van der Waals surface area contributed by atoms with Crippen LogP contribution >= 0.6 is 11.8 Å². The Labute approximate surface area is 164 Å². The fourth-order valence-corrected chi connectivity index (χ4v) is 3.88. The number of carbonyl (C=O) groups excluding carboxylic acids is 1. The summed E-state index contributed by atoms with van der Waals surface area (Å²) in [5.41, 5.74) is 2.74. The molecule has 0 saturated heterocycles. The summed E-state index contributed by atoms with van der Waals surface area (Å²) in [6, 6.07) is 8.33. The molecular weight excluding hydrogens is 358 g/mol. The average Bonchev–Trinajstić information content (AvgIpc) is 2.99. The van der Waals surface area contributed by atoms with E-state index in [9.17, 15) is 4.79 Å². The monoisotopic (exact) mass is 385 g/mol. The topological polar surface area (TPSA) is 72.7 Å². The number of unbranched alkanes of at least 4 members (excludes halogenated alkanes) is 2. The Morgan fingerprint density at radius 1 is 1.22 bits per heavy atom. The Hall–Kier alpha value is -2.15. The number of rotatable bonds is 9. The molecule has 3 rings (SSSR count). The van der Waals surface area contributed by atoms with Crippen molar-refractivity contribution < 1.29 is 4.79 Å². The van der Waals surface area contributed by atoms with E-state index in [0.717, 1.165) is 41.5 Å². The summed E-state index contributed by atoms with van der Waals surface area (Å²) in [4.78, 5) is 16.8. The maximum absolute atomic E-state index is 12.2. The molecule has 0 aliphatic rings. The van der Waals surface area contributed by atoms with Gasteiger partial charge in [0.15, 0.2) is 5.65 Å². The van der Waals surface area contributed by atoms with Crippen LogP contribution in [0.5, 0.6) is 0 Å². The summed E-state index contributed by atoms with van der Waals surface area (Å²) < 4.78 is 2.14. The van der Waals surface area contributed by atoms with Crippen LogP contribution in [-0.2, 0) is 11.3 Å². The first-order valence-electron chi connectivity index (χ1n) is 9.67. The second-order valence-electron chi connectivity index (χ2n) is 6.78. The molecule has 1 amide bonds. The molecule has 1 atom stereocenters. The van der Waals surface area contributed by atoms with Crippen molar-refractivity contribution in [2.24, 2.45) is 0 Å². The lowest BCUT2D eigenvalue weighted by Gasteiger charge is -2.13. The Morgan fingerprint density at radius 3 is 2.81 bits per heavy atom. The third kappa shape index (κ3) is 4.58. The van der Waals surface area contributed by atoms with Gasteiger partial charge in [0, 0.05) is 18.0 Å². The van der Waals surface area contributed by atoms with Crippen LogP contribution < -0.4 is 5.32 Å². The quantitative estimate of drug-likeness (QED) is 0.442. The maximum atomic E-state index is 12.2. The fourth-order valence-electron chi connectivity index (χ4n) is 3.29. The van der Waals surface area contributed by atoms with E-state index >= 15 is 0 Å². The van der Waals surface area contributed by atoms with Crippen LogP contribution in [-0.4, -0.2) is 37.5 Å². The zero-order valence-electron chi connectivity index (χ0n) is 16.2. The van der Waals surface area contributed by atoms with Gasteiger partial charge in [-0.25, -0.2) is 4.98 Å². The highest BCUT2D eigenvalue weighted by Gasteiger charge is 2.15. The van der Waals surface area contributed by atoms with E-state index in [-0.39, 0.29) is 11.9 Å². The molecule has 1 N–H and O–H groups in total. The van der Waals surface area contributed by atoms with Crippen LogP contribution in [0.4, 0.5) is 0 Å². The van der Waals surface area contributed by atoms with Crippen LogP contribution in [0, 0.1) is 0 Å². The van der Waals surface area contributed by atoms with Gasteiger partial charge < -0.3 is 9.88 Å². The number of carbonyl (C=O) groups is 1. The lowest BCUT2D eigenvalue weighted by Crippen LogP contribution is -2.33. The molecule has 7 heteroatoms. The SMILES string of the molecule is CCCCC[C@@H](C)NC(=O)CSc1nnc2c3ccccc3n(CC)c2n1. The molecule has 6 nitrogen and oxygen atoms in total. The number of aromatic nitrogens is 4. The van der Waals surface area contributed by atoms with Crippen LogP contribution in [0.2, 0.25) is 0 Å². The number of aryl methyl sites for hydroxylation is 1. The predicted molar refractivity (Wildman–Crippen MR) is 111 cm³/mol. The largest absolute Gasteiger partial charge is 0.353 e. The number of para-hydroxylation sites is 1. The molecule has 0 aliphatic heterocycles. The summed E-state index contributed by atoms with van der Waals surface area (Å²) in [7, 11) is 0. The molecule has 0 unspecified atom stereocenters.